The third-order valence-electron chi connectivity index (χ3n) is 4.42. The number of benzene rings is 1. The van der Waals surface area contributed by atoms with Crippen LogP contribution in [0.2, 0.25) is 0 Å². The smallest absolute Gasteiger partial charge is 0.224 e. The van der Waals surface area contributed by atoms with Crippen LogP contribution in [0, 0.1) is 4.77 Å². The van der Waals surface area contributed by atoms with Crippen molar-refractivity contribution in [3.63, 3.8) is 0 Å². The number of aromatic amines is 1. The molecule has 0 aliphatic heterocycles. The Morgan fingerprint density at radius 2 is 2.13 bits per heavy atom. The van der Waals surface area contributed by atoms with Gasteiger partial charge in [0.1, 0.15) is 5.82 Å². The zero-order valence-electron chi connectivity index (χ0n) is 13.4. The quantitative estimate of drug-likeness (QED) is 0.827. The fourth-order valence-corrected chi connectivity index (χ4v) is 3.21. The number of carbonyl (C=O) groups excluding carboxylic acids is 1. The minimum absolute atomic E-state index is 0.0533. The number of H-pyrrole nitrogens is 1. The SMILES string of the molecule is Cn1c(CCNC(=O)Cc2ccc3c(c2)CCCC3)n[nH]c1=S. The molecule has 1 amide bonds. The van der Waals surface area contributed by atoms with Crippen LogP contribution < -0.4 is 5.32 Å². The molecular formula is C17H22N4OS. The molecule has 2 N–H and O–H groups in total. The molecule has 0 atom stereocenters. The Kier molecular flexibility index (Phi) is 4.91. The minimum Gasteiger partial charge on any atom is -0.355 e. The molecule has 23 heavy (non-hydrogen) atoms. The second-order valence-electron chi connectivity index (χ2n) is 6.09. The maximum atomic E-state index is 12.1. The van der Waals surface area contributed by atoms with E-state index < -0.39 is 0 Å². The van der Waals surface area contributed by atoms with Crippen molar-refractivity contribution in [3.8, 4) is 0 Å². The van der Waals surface area contributed by atoms with Crippen LogP contribution in [0.4, 0.5) is 0 Å². The highest BCUT2D eigenvalue weighted by Crippen LogP contribution is 2.22. The summed E-state index contributed by atoms with van der Waals surface area (Å²) in [6, 6.07) is 6.47. The van der Waals surface area contributed by atoms with Crippen molar-refractivity contribution in [2.24, 2.45) is 7.05 Å². The summed E-state index contributed by atoms with van der Waals surface area (Å²) in [7, 11) is 1.87. The van der Waals surface area contributed by atoms with Gasteiger partial charge in [0.2, 0.25) is 5.91 Å². The lowest BCUT2D eigenvalue weighted by Crippen LogP contribution is -2.28. The Bertz CT molecular complexity index is 762. The molecule has 3 rings (SSSR count). The summed E-state index contributed by atoms with van der Waals surface area (Å²) < 4.78 is 2.42. The van der Waals surface area contributed by atoms with Crippen molar-refractivity contribution >= 4 is 18.1 Å². The Balaban J connectivity index is 1.51. The van der Waals surface area contributed by atoms with Crippen LogP contribution >= 0.6 is 12.2 Å². The lowest BCUT2D eigenvalue weighted by molar-refractivity contribution is -0.120. The number of fused-ring (bicyclic) bond motifs is 1. The van der Waals surface area contributed by atoms with Crippen LogP contribution in [-0.4, -0.2) is 27.2 Å². The lowest BCUT2D eigenvalue weighted by atomic mass is 9.90. The molecule has 6 heteroatoms. The largest absolute Gasteiger partial charge is 0.355 e. The first-order chi connectivity index (χ1) is 11.1. The van der Waals surface area contributed by atoms with Gasteiger partial charge in [-0.1, -0.05) is 18.2 Å². The molecule has 1 aliphatic rings. The standard InChI is InChI=1S/C17H22N4OS/c1-21-15(19-20-17(21)23)8-9-18-16(22)11-12-6-7-13-4-2-3-5-14(13)10-12/h6-7,10H,2-5,8-9,11H2,1H3,(H,18,22)(H,20,23). The molecule has 1 heterocycles. The zero-order chi connectivity index (χ0) is 16.2. The van der Waals surface area contributed by atoms with Gasteiger partial charge in [-0.05, 0) is 54.6 Å². The predicted molar refractivity (Wildman–Crippen MR) is 91.9 cm³/mol. The first kappa shape index (κ1) is 15.9. The van der Waals surface area contributed by atoms with E-state index in [0.717, 1.165) is 17.8 Å². The molecule has 0 bridgehead atoms. The third-order valence-corrected chi connectivity index (χ3v) is 4.79. The monoisotopic (exact) mass is 330 g/mol. The van der Waals surface area contributed by atoms with Gasteiger partial charge in [-0.3, -0.25) is 9.89 Å². The predicted octanol–water partition coefficient (Wildman–Crippen LogP) is 2.26. The molecule has 0 spiro atoms. The number of aromatic nitrogens is 3. The van der Waals surface area contributed by atoms with Crippen LogP contribution in [0.1, 0.15) is 35.4 Å². The summed E-state index contributed by atoms with van der Waals surface area (Å²) in [5.74, 6) is 0.904. The number of hydrogen-bond acceptors (Lipinski definition) is 3. The average molecular weight is 330 g/mol. The Morgan fingerprint density at radius 1 is 1.35 bits per heavy atom. The van der Waals surface area contributed by atoms with Gasteiger partial charge < -0.3 is 9.88 Å². The first-order valence-electron chi connectivity index (χ1n) is 8.11. The zero-order valence-corrected chi connectivity index (χ0v) is 14.2. The van der Waals surface area contributed by atoms with Crippen LogP contribution in [-0.2, 0) is 37.5 Å². The van der Waals surface area contributed by atoms with Crippen LogP contribution in [0.3, 0.4) is 0 Å². The van der Waals surface area contributed by atoms with Crippen molar-refractivity contribution < 1.29 is 4.79 Å². The summed E-state index contributed by atoms with van der Waals surface area (Å²) in [6.07, 6.45) is 5.96. The molecule has 1 aliphatic carbocycles. The van der Waals surface area contributed by atoms with Gasteiger partial charge >= 0.3 is 0 Å². The maximum Gasteiger partial charge on any atom is 0.224 e. The van der Waals surface area contributed by atoms with Gasteiger partial charge in [-0.2, -0.15) is 5.10 Å². The van der Waals surface area contributed by atoms with E-state index in [1.165, 1.54) is 30.4 Å². The highest BCUT2D eigenvalue weighted by molar-refractivity contribution is 7.71. The average Bonchev–Trinajstić information content (AvgIpc) is 2.87. The van der Waals surface area contributed by atoms with E-state index in [2.05, 4.69) is 33.7 Å². The Hall–Kier alpha value is -1.95. The molecular weight excluding hydrogens is 308 g/mol. The number of aryl methyl sites for hydroxylation is 2. The highest BCUT2D eigenvalue weighted by Gasteiger charge is 2.11. The topological polar surface area (TPSA) is 62.7 Å². The molecule has 0 unspecified atom stereocenters. The van der Waals surface area contributed by atoms with Crippen LogP contribution in [0.25, 0.3) is 0 Å². The van der Waals surface area contributed by atoms with Crippen molar-refractivity contribution in [2.45, 2.75) is 38.5 Å². The van der Waals surface area contributed by atoms with Gasteiger partial charge in [-0.25, -0.2) is 0 Å². The molecule has 1 aromatic carbocycles. The second-order valence-corrected chi connectivity index (χ2v) is 6.48. The maximum absolute atomic E-state index is 12.1. The minimum atomic E-state index is 0.0533. The summed E-state index contributed by atoms with van der Waals surface area (Å²) in [6.45, 7) is 0.567. The first-order valence-corrected chi connectivity index (χ1v) is 8.52. The number of nitrogens with zero attached hydrogens (tertiary/aromatic N) is 2. The van der Waals surface area contributed by atoms with Crippen molar-refractivity contribution in [3.05, 3.63) is 45.5 Å². The van der Waals surface area contributed by atoms with Crippen LogP contribution in [0.5, 0.6) is 0 Å². The summed E-state index contributed by atoms with van der Waals surface area (Å²) in [4.78, 5) is 12.1. The van der Waals surface area contributed by atoms with Gasteiger partial charge in [0.25, 0.3) is 0 Å². The molecule has 0 saturated carbocycles. The molecule has 0 radical (unpaired) electrons. The number of hydrogen-bond donors (Lipinski definition) is 2. The van der Waals surface area contributed by atoms with E-state index >= 15 is 0 Å². The summed E-state index contributed by atoms with van der Waals surface area (Å²) in [5.41, 5.74) is 3.97. The lowest BCUT2D eigenvalue weighted by Gasteiger charge is -2.16. The number of amides is 1. The molecule has 0 fully saturated rings. The fraction of sp³-hybridized carbons (Fsp3) is 0.471. The second kappa shape index (κ2) is 7.08. The van der Waals surface area contributed by atoms with Crippen molar-refractivity contribution in [2.75, 3.05) is 6.54 Å². The van der Waals surface area contributed by atoms with Crippen molar-refractivity contribution in [1.29, 1.82) is 0 Å². The summed E-state index contributed by atoms with van der Waals surface area (Å²) in [5, 5.41) is 9.84. The van der Waals surface area contributed by atoms with E-state index in [4.69, 9.17) is 12.2 Å². The molecule has 122 valence electrons. The van der Waals surface area contributed by atoms with E-state index in [1.54, 1.807) is 0 Å². The third kappa shape index (κ3) is 3.88. The van der Waals surface area contributed by atoms with Gasteiger partial charge in [0.15, 0.2) is 4.77 Å². The molecule has 0 saturated heterocycles. The Morgan fingerprint density at radius 3 is 2.87 bits per heavy atom. The fourth-order valence-electron chi connectivity index (χ4n) is 3.06. The van der Waals surface area contributed by atoms with Gasteiger partial charge in [0, 0.05) is 20.0 Å². The molecule has 2 aromatic rings. The number of nitrogens with one attached hydrogen (secondary N) is 2. The normalized spacial score (nSPS) is 13.6. The molecule has 1 aromatic heterocycles. The van der Waals surface area contributed by atoms with Crippen molar-refractivity contribution in [1.82, 2.24) is 20.1 Å². The van der Waals surface area contributed by atoms with E-state index in [0.29, 0.717) is 24.2 Å². The summed E-state index contributed by atoms with van der Waals surface area (Å²) >= 11 is 5.07. The van der Waals surface area contributed by atoms with Gasteiger partial charge in [-0.15, -0.1) is 0 Å². The number of carbonyl (C=O) groups is 1. The van der Waals surface area contributed by atoms with E-state index in [9.17, 15) is 4.79 Å². The van der Waals surface area contributed by atoms with E-state index in [-0.39, 0.29) is 5.91 Å². The number of rotatable bonds is 5. The van der Waals surface area contributed by atoms with Crippen LogP contribution in [0.15, 0.2) is 18.2 Å². The Labute approximate surface area is 141 Å². The van der Waals surface area contributed by atoms with E-state index in [1.807, 2.05) is 11.6 Å². The molecule has 5 nitrogen and oxygen atoms in total. The van der Waals surface area contributed by atoms with Gasteiger partial charge in [0.05, 0.1) is 6.42 Å². The highest BCUT2D eigenvalue weighted by atomic mass is 32.1.